The van der Waals surface area contributed by atoms with Crippen molar-refractivity contribution < 1.29 is 13.9 Å². The summed E-state index contributed by atoms with van der Waals surface area (Å²) in [6.45, 7) is 3.92. The normalized spacial score (nSPS) is 11.0. The maximum Gasteiger partial charge on any atom is 0.255 e. The van der Waals surface area contributed by atoms with E-state index in [1.807, 2.05) is 38.1 Å². The Balaban J connectivity index is 1.53. The molecule has 0 unspecified atom stereocenters. The van der Waals surface area contributed by atoms with E-state index in [0.29, 0.717) is 28.2 Å². The zero-order valence-electron chi connectivity index (χ0n) is 16.0. The Bertz CT molecular complexity index is 1170. The second kappa shape index (κ2) is 8.09. The van der Waals surface area contributed by atoms with Gasteiger partial charge < -0.3 is 14.5 Å². The zero-order valence-corrected chi connectivity index (χ0v) is 17.6. The molecule has 29 heavy (non-hydrogen) atoms. The van der Waals surface area contributed by atoms with Crippen molar-refractivity contribution in [1.29, 1.82) is 0 Å². The summed E-state index contributed by atoms with van der Waals surface area (Å²) in [5.74, 6) is 1.07. The number of nitrogens with zero attached hydrogens (tertiary/aromatic N) is 1. The van der Waals surface area contributed by atoms with Crippen molar-refractivity contribution in [2.75, 3.05) is 5.32 Å². The number of rotatable bonds is 5. The van der Waals surface area contributed by atoms with Crippen LogP contribution in [0.25, 0.3) is 22.6 Å². The number of aromatic nitrogens is 1. The first kappa shape index (κ1) is 19.2. The Morgan fingerprint density at radius 2 is 1.86 bits per heavy atom. The van der Waals surface area contributed by atoms with Gasteiger partial charge in [0, 0.05) is 21.3 Å². The largest absolute Gasteiger partial charge is 0.491 e. The van der Waals surface area contributed by atoms with Gasteiger partial charge in [-0.1, -0.05) is 22.0 Å². The molecular weight excluding hydrogens is 432 g/mol. The van der Waals surface area contributed by atoms with Crippen LogP contribution in [-0.2, 0) is 0 Å². The number of benzene rings is 3. The van der Waals surface area contributed by atoms with Gasteiger partial charge in [-0.2, -0.15) is 0 Å². The minimum absolute atomic E-state index is 0.0887. The molecule has 3 aromatic carbocycles. The van der Waals surface area contributed by atoms with Gasteiger partial charge >= 0.3 is 0 Å². The first-order valence-electron chi connectivity index (χ1n) is 9.22. The fourth-order valence-electron chi connectivity index (χ4n) is 2.91. The van der Waals surface area contributed by atoms with Crippen LogP contribution in [-0.4, -0.2) is 17.0 Å². The summed E-state index contributed by atoms with van der Waals surface area (Å²) in [4.78, 5) is 17.1. The molecule has 0 bridgehead atoms. The fourth-order valence-corrected chi connectivity index (χ4v) is 3.31. The molecule has 1 aromatic heterocycles. The van der Waals surface area contributed by atoms with Crippen LogP contribution in [0.3, 0.4) is 0 Å². The highest BCUT2D eigenvalue weighted by Crippen LogP contribution is 2.28. The van der Waals surface area contributed by atoms with Gasteiger partial charge in [0.15, 0.2) is 5.58 Å². The number of ether oxygens (including phenoxy) is 1. The Hall–Kier alpha value is -3.12. The molecule has 0 aliphatic rings. The Morgan fingerprint density at radius 3 is 2.59 bits per heavy atom. The second-order valence-electron chi connectivity index (χ2n) is 6.86. The van der Waals surface area contributed by atoms with Gasteiger partial charge in [0.1, 0.15) is 11.3 Å². The monoisotopic (exact) mass is 450 g/mol. The molecule has 0 saturated heterocycles. The minimum atomic E-state index is -0.198. The zero-order chi connectivity index (χ0) is 20.4. The van der Waals surface area contributed by atoms with Gasteiger partial charge in [-0.3, -0.25) is 4.79 Å². The molecule has 0 aliphatic carbocycles. The predicted octanol–water partition coefficient (Wildman–Crippen LogP) is 6.30. The Morgan fingerprint density at radius 1 is 1.07 bits per heavy atom. The van der Waals surface area contributed by atoms with Gasteiger partial charge in [-0.05, 0) is 74.5 Å². The van der Waals surface area contributed by atoms with Crippen LogP contribution in [0.5, 0.6) is 5.75 Å². The van der Waals surface area contributed by atoms with E-state index in [9.17, 15) is 4.79 Å². The first-order chi connectivity index (χ1) is 14.0. The van der Waals surface area contributed by atoms with Gasteiger partial charge in [0.05, 0.1) is 6.10 Å². The van der Waals surface area contributed by atoms with E-state index in [1.165, 1.54) is 0 Å². The highest BCUT2D eigenvalue weighted by atomic mass is 79.9. The quantitative estimate of drug-likeness (QED) is 0.387. The molecule has 146 valence electrons. The summed E-state index contributed by atoms with van der Waals surface area (Å²) in [5, 5.41) is 2.90. The Kier molecular flexibility index (Phi) is 5.36. The van der Waals surface area contributed by atoms with E-state index in [1.54, 1.807) is 42.5 Å². The third kappa shape index (κ3) is 4.49. The van der Waals surface area contributed by atoms with Crippen molar-refractivity contribution in [2.24, 2.45) is 0 Å². The Labute approximate surface area is 176 Å². The van der Waals surface area contributed by atoms with E-state index in [4.69, 9.17) is 9.15 Å². The van der Waals surface area contributed by atoms with Gasteiger partial charge in [0.2, 0.25) is 5.89 Å². The van der Waals surface area contributed by atoms with Gasteiger partial charge in [-0.25, -0.2) is 4.98 Å². The van der Waals surface area contributed by atoms with Crippen LogP contribution in [0.2, 0.25) is 0 Å². The average molecular weight is 451 g/mol. The first-order valence-corrected chi connectivity index (χ1v) is 10.0. The summed E-state index contributed by atoms with van der Waals surface area (Å²) in [7, 11) is 0. The molecule has 0 aliphatic heterocycles. The van der Waals surface area contributed by atoms with Crippen LogP contribution in [0.15, 0.2) is 75.6 Å². The molecule has 0 atom stereocenters. The van der Waals surface area contributed by atoms with Crippen molar-refractivity contribution in [3.8, 4) is 17.2 Å². The standard InChI is InChI=1S/C23H19BrN2O3/c1-14(2)28-19-9-6-15(7-10-19)22(27)25-18-8-11-21-20(13-18)26-23(29-21)16-4-3-5-17(24)12-16/h3-14H,1-2H3,(H,25,27). The predicted molar refractivity (Wildman–Crippen MR) is 117 cm³/mol. The van der Waals surface area contributed by atoms with Gasteiger partial charge in [-0.15, -0.1) is 0 Å². The smallest absolute Gasteiger partial charge is 0.255 e. The fraction of sp³-hybridized carbons (Fsp3) is 0.130. The van der Waals surface area contributed by atoms with Crippen molar-refractivity contribution in [1.82, 2.24) is 4.98 Å². The molecule has 1 heterocycles. The SMILES string of the molecule is CC(C)Oc1ccc(C(=O)Nc2ccc3oc(-c4cccc(Br)c4)nc3c2)cc1. The number of fused-ring (bicyclic) bond motifs is 1. The van der Waals surface area contributed by atoms with E-state index in [2.05, 4.69) is 26.2 Å². The molecule has 0 saturated carbocycles. The molecule has 5 nitrogen and oxygen atoms in total. The molecule has 1 amide bonds. The molecule has 0 fully saturated rings. The summed E-state index contributed by atoms with van der Waals surface area (Å²) >= 11 is 3.46. The number of oxazole rings is 1. The molecule has 4 rings (SSSR count). The van der Waals surface area contributed by atoms with Crippen molar-refractivity contribution in [3.05, 3.63) is 76.8 Å². The lowest BCUT2D eigenvalue weighted by Gasteiger charge is -2.10. The van der Waals surface area contributed by atoms with E-state index in [0.717, 1.165) is 15.8 Å². The second-order valence-corrected chi connectivity index (χ2v) is 7.77. The van der Waals surface area contributed by atoms with Crippen LogP contribution >= 0.6 is 15.9 Å². The van der Waals surface area contributed by atoms with Crippen LogP contribution in [0, 0.1) is 0 Å². The lowest BCUT2D eigenvalue weighted by molar-refractivity contribution is 0.102. The number of hydrogen-bond donors (Lipinski definition) is 1. The molecule has 0 radical (unpaired) electrons. The lowest BCUT2D eigenvalue weighted by atomic mass is 10.2. The highest BCUT2D eigenvalue weighted by Gasteiger charge is 2.11. The highest BCUT2D eigenvalue weighted by molar-refractivity contribution is 9.10. The van der Waals surface area contributed by atoms with Crippen LogP contribution < -0.4 is 10.1 Å². The minimum Gasteiger partial charge on any atom is -0.491 e. The third-order valence-electron chi connectivity index (χ3n) is 4.21. The van der Waals surface area contributed by atoms with Crippen molar-refractivity contribution in [2.45, 2.75) is 20.0 Å². The third-order valence-corrected chi connectivity index (χ3v) is 4.70. The molecule has 0 spiro atoms. The van der Waals surface area contributed by atoms with E-state index in [-0.39, 0.29) is 12.0 Å². The number of anilines is 1. The van der Waals surface area contributed by atoms with Gasteiger partial charge in [0.25, 0.3) is 5.91 Å². The number of carbonyl (C=O) groups excluding carboxylic acids is 1. The number of amides is 1. The van der Waals surface area contributed by atoms with Crippen LogP contribution in [0.4, 0.5) is 5.69 Å². The maximum absolute atomic E-state index is 12.5. The summed E-state index contributed by atoms with van der Waals surface area (Å²) in [6, 6.07) is 20.2. The average Bonchev–Trinajstić information content (AvgIpc) is 3.11. The molecule has 6 heteroatoms. The summed E-state index contributed by atoms with van der Waals surface area (Å²) in [6.07, 6.45) is 0.0887. The van der Waals surface area contributed by atoms with E-state index >= 15 is 0 Å². The molecule has 4 aromatic rings. The number of hydrogen-bond acceptors (Lipinski definition) is 4. The maximum atomic E-state index is 12.5. The van der Waals surface area contributed by atoms with E-state index < -0.39 is 0 Å². The lowest BCUT2D eigenvalue weighted by Crippen LogP contribution is -2.12. The molecular formula is C23H19BrN2O3. The van der Waals surface area contributed by atoms with Crippen LogP contribution in [0.1, 0.15) is 24.2 Å². The summed E-state index contributed by atoms with van der Waals surface area (Å²) < 4.78 is 12.4. The molecule has 1 N–H and O–H groups in total. The van der Waals surface area contributed by atoms with Crippen molar-refractivity contribution in [3.63, 3.8) is 0 Å². The number of carbonyl (C=O) groups is 1. The number of nitrogens with one attached hydrogen (secondary N) is 1. The van der Waals surface area contributed by atoms with Crippen molar-refractivity contribution >= 4 is 38.6 Å². The summed E-state index contributed by atoms with van der Waals surface area (Å²) in [5.41, 5.74) is 3.42. The topological polar surface area (TPSA) is 64.4 Å². The number of halogens is 1.